The van der Waals surface area contributed by atoms with Crippen molar-refractivity contribution in [2.75, 3.05) is 19.1 Å². The molecule has 6 nitrogen and oxygen atoms in total. The van der Waals surface area contributed by atoms with Crippen molar-refractivity contribution in [1.29, 1.82) is 0 Å². The van der Waals surface area contributed by atoms with Crippen LogP contribution in [0, 0.1) is 6.92 Å². The highest BCUT2D eigenvalue weighted by Gasteiger charge is 2.26. The van der Waals surface area contributed by atoms with E-state index in [2.05, 4.69) is 10.7 Å². The Kier molecular flexibility index (Phi) is 8.47. The lowest BCUT2D eigenvalue weighted by Gasteiger charge is -2.28. The van der Waals surface area contributed by atoms with Crippen LogP contribution in [-0.4, -0.2) is 36.5 Å². The number of nitrogens with zero attached hydrogens (tertiary/aromatic N) is 1. The number of methoxy groups -OCH3 is 1. The summed E-state index contributed by atoms with van der Waals surface area (Å²) in [5.74, 6) is 0.289. The average Bonchev–Trinajstić information content (AvgIpc) is 2.85. The summed E-state index contributed by atoms with van der Waals surface area (Å²) in [7, 11) is 1.61. The van der Waals surface area contributed by atoms with Crippen LogP contribution in [0.2, 0.25) is 0 Å². The molecule has 0 bridgehead atoms. The van der Waals surface area contributed by atoms with Crippen LogP contribution in [-0.2, 0) is 11.2 Å². The van der Waals surface area contributed by atoms with Gasteiger partial charge in [0.2, 0.25) is 0 Å². The molecule has 0 aromatic heterocycles. The molecule has 0 heterocycles. The van der Waals surface area contributed by atoms with Crippen LogP contribution in [0.1, 0.15) is 34.8 Å². The number of hydrazine groups is 1. The summed E-state index contributed by atoms with van der Waals surface area (Å²) in [4.78, 5) is 26.4. The SMILES string of the molecule is CCN(Nc1ccc(OC)cc1)C(=O)C(CCc1ccccc1)NC(=O)c1cccc(C)c1. The molecule has 0 saturated carbocycles. The molecule has 3 rings (SSSR count). The highest BCUT2D eigenvalue weighted by atomic mass is 16.5. The lowest BCUT2D eigenvalue weighted by molar-refractivity contribution is -0.131. The molecule has 0 aliphatic rings. The minimum absolute atomic E-state index is 0.190. The molecule has 1 unspecified atom stereocenters. The summed E-state index contributed by atoms with van der Waals surface area (Å²) >= 11 is 0. The van der Waals surface area contributed by atoms with Gasteiger partial charge in [0.15, 0.2) is 0 Å². The number of ether oxygens (including phenoxy) is 1. The van der Waals surface area contributed by atoms with E-state index in [1.807, 2.05) is 86.6 Å². The summed E-state index contributed by atoms with van der Waals surface area (Å²) in [6.45, 7) is 4.27. The molecular weight excluding hydrogens is 414 g/mol. The molecule has 0 fully saturated rings. The van der Waals surface area contributed by atoms with Crippen molar-refractivity contribution in [3.63, 3.8) is 0 Å². The highest BCUT2D eigenvalue weighted by Crippen LogP contribution is 2.17. The van der Waals surface area contributed by atoms with Gasteiger partial charge in [0.05, 0.1) is 12.8 Å². The lowest BCUT2D eigenvalue weighted by Crippen LogP contribution is -2.50. The second-order valence-corrected chi connectivity index (χ2v) is 7.84. The normalized spacial score (nSPS) is 11.4. The Labute approximate surface area is 195 Å². The summed E-state index contributed by atoms with van der Waals surface area (Å²) in [6.07, 6.45) is 1.16. The number of hydrogen-bond donors (Lipinski definition) is 2. The average molecular weight is 446 g/mol. The van der Waals surface area contributed by atoms with E-state index < -0.39 is 6.04 Å². The Balaban J connectivity index is 1.77. The van der Waals surface area contributed by atoms with E-state index >= 15 is 0 Å². The number of rotatable bonds is 10. The Bertz CT molecular complexity index is 1050. The van der Waals surface area contributed by atoms with Gasteiger partial charge in [-0.3, -0.25) is 20.0 Å². The predicted molar refractivity (Wildman–Crippen MR) is 131 cm³/mol. The van der Waals surface area contributed by atoms with Crippen molar-refractivity contribution >= 4 is 17.5 Å². The van der Waals surface area contributed by atoms with Crippen molar-refractivity contribution in [3.05, 3.63) is 95.6 Å². The third kappa shape index (κ3) is 6.84. The maximum absolute atomic E-state index is 13.5. The van der Waals surface area contributed by atoms with Crippen LogP contribution >= 0.6 is 0 Å². The van der Waals surface area contributed by atoms with Crippen LogP contribution in [0.5, 0.6) is 5.75 Å². The van der Waals surface area contributed by atoms with E-state index in [-0.39, 0.29) is 11.8 Å². The third-order valence-corrected chi connectivity index (χ3v) is 5.38. The Morgan fingerprint density at radius 1 is 0.970 bits per heavy atom. The summed E-state index contributed by atoms with van der Waals surface area (Å²) in [6, 6.07) is 24.0. The van der Waals surface area contributed by atoms with Crippen LogP contribution in [0.4, 0.5) is 5.69 Å². The van der Waals surface area contributed by atoms with E-state index in [1.165, 1.54) is 5.01 Å². The second-order valence-electron chi connectivity index (χ2n) is 7.84. The molecule has 0 radical (unpaired) electrons. The van der Waals surface area contributed by atoms with Crippen molar-refractivity contribution in [1.82, 2.24) is 10.3 Å². The molecule has 1 atom stereocenters. The number of carbonyl (C=O) groups excluding carboxylic acids is 2. The standard InChI is InChI=1S/C27H31N3O3/c1-4-30(29-23-14-16-24(33-3)17-15-23)27(32)25(18-13-21-10-6-5-7-11-21)28-26(31)22-12-8-9-20(2)19-22/h5-12,14-17,19,25,29H,4,13,18H2,1-3H3,(H,28,31). The van der Waals surface area contributed by atoms with Crippen LogP contribution < -0.4 is 15.5 Å². The van der Waals surface area contributed by atoms with E-state index in [0.29, 0.717) is 24.9 Å². The molecule has 0 spiro atoms. The smallest absolute Gasteiger partial charge is 0.263 e. The Hall–Kier alpha value is -3.80. The molecular formula is C27H31N3O3. The van der Waals surface area contributed by atoms with E-state index in [9.17, 15) is 9.59 Å². The molecule has 3 aromatic rings. The highest BCUT2D eigenvalue weighted by molar-refractivity contribution is 5.97. The molecule has 0 aliphatic heterocycles. The number of aryl methyl sites for hydroxylation is 2. The topological polar surface area (TPSA) is 70.7 Å². The first-order chi connectivity index (χ1) is 16.0. The van der Waals surface area contributed by atoms with Gasteiger partial charge >= 0.3 is 0 Å². The van der Waals surface area contributed by atoms with Gasteiger partial charge < -0.3 is 10.1 Å². The van der Waals surface area contributed by atoms with Crippen LogP contribution in [0.15, 0.2) is 78.9 Å². The quantitative estimate of drug-likeness (QED) is 0.447. The van der Waals surface area contributed by atoms with Crippen molar-refractivity contribution in [2.24, 2.45) is 0 Å². The lowest BCUT2D eigenvalue weighted by atomic mass is 10.0. The van der Waals surface area contributed by atoms with Crippen molar-refractivity contribution < 1.29 is 14.3 Å². The Morgan fingerprint density at radius 3 is 2.33 bits per heavy atom. The molecule has 172 valence electrons. The fraction of sp³-hybridized carbons (Fsp3) is 0.259. The zero-order chi connectivity index (χ0) is 23.6. The van der Waals surface area contributed by atoms with E-state index in [1.54, 1.807) is 13.2 Å². The maximum Gasteiger partial charge on any atom is 0.263 e. The number of carbonyl (C=O) groups is 2. The van der Waals surface area contributed by atoms with Gasteiger partial charge in [-0.25, -0.2) is 0 Å². The maximum atomic E-state index is 13.5. The molecule has 0 saturated heterocycles. The van der Waals surface area contributed by atoms with Gasteiger partial charge in [0.25, 0.3) is 11.8 Å². The number of benzene rings is 3. The minimum Gasteiger partial charge on any atom is -0.497 e. The number of anilines is 1. The zero-order valence-corrected chi connectivity index (χ0v) is 19.4. The molecule has 2 N–H and O–H groups in total. The fourth-order valence-corrected chi connectivity index (χ4v) is 3.54. The number of amides is 2. The summed E-state index contributed by atoms with van der Waals surface area (Å²) < 4.78 is 5.20. The van der Waals surface area contributed by atoms with Crippen molar-refractivity contribution in [2.45, 2.75) is 32.7 Å². The molecule has 3 aromatic carbocycles. The first-order valence-corrected chi connectivity index (χ1v) is 11.1. The van der Waals surface area contributed by atoms with Gasteiger partial charge in [-0.15, -0.1) is 0 Å². The monoisotopic (exact) mass is 445 g/mol. The van der Waals surface area contributed by atoms with Crippen LogP contribution in [0.3, 0.4) is 0 Å². The number of nitrogens with one attached hydrogen (secondary N) is 2. The number of hydrogen-bond acceptors (Lipinski definition) is 4. The van der Waals surface area contributed by atoms with E-state index in [4.69, 9.17) is 4.74 Å². The molecule has 0 aliphatic carbocycles. The molecule has 6 heteroatoms. The van der Waals surface area contributed by atoms with Crippen molar-refractivity contribution in [3.8, 4) is 5.75 Å². The predicted octanol–water partition coefficient (Wildman–Crippen LogP) is 4.61. The first kappa shape index (κ1) is 23.9. The van der Waals surface area contributed by atoms with Gasteiger partial charge in [-0.2, -0.15) is 0 Å². The second kappa shape index (κ2) is 11.7. The van der Waals surface area contributed by atoms with E-state index in [0.717, 1.165) is 22.6 Å². The molecule has 33 heavy (non-hydrogen) atoms. The van der Waals surface area contributed by atoms with Gasteiger partial charge in [0.1, 0.15) is 11.8 Å². The largest absolute Gasteiger partial charge is 0.497 e. The van der Waals surface area contributed by atoms with Crippen LogP contribution in [0.25, 0.3) is 0 Å². The summed E-state index contributed by atoms with van der Waals surface area (Å²) in [5.41, 5.74) is 6.57. The third-order valence-electron chi connectivity index (χ3n) is 5.38. The van der Waals surface area contributed by atoms with Gasteiger partial charge in [0, 0.05) is 12.1 Å². The first-order valence-electron chi connectivity index (χ1n) is 11.1. The minimum atomic E-state index is -0.677. The number of likely N-dealkylation sites (N-methyl/N-ethyl adjacent to an activating group) is 1. The molecule has 2 amide bonds. The summed E-state index contributed by atoms with van der Waals surface area (Å²) in [5, 5.41) is 4.49. The fourth-order valence-electron chi connectivity index (χ4n) is 3.54. The van der Waals surface area contributed by atoms with Gasteiger partial charge in [-0.05, 0) is 68.7 Å². The zero-order valence-electron chi connectivity index (χ0n) is 19.4. The van der Waals surface area contributed by atoms with Gasteiger partial charge in [-0.1, -0.05) is 48.0 Å². The Morgan fingerprint density at radius 2 is 1.70 bits per heavy atom.